The average Bonchev–Trinajstić information content (AvgIpc) is 1.61. The lowest BCUT2D eigenvalue weighted by Gasteiger charge is -2.32. The SMILES string of the molecule is C.C.C.C.C.CC(C)(Oc1ncc(-c2ccc3nnc(C(F)(F)Cl)n3n2)cc1F)C(F)(F)F.CC(C)(Oc1ncc(B2OC(C)(C)C(C)(C)O2)cc1F)C(F)(F)F.COC(F)(F)c1nnc2ccc(-c3cnc(OC(C)(C)C(F)(F)F)c(F)c3)nn12.FC(F)(Cl)c1nnc2ccc(Cl)nn12.NNc1ccc(Cl)nn1.O=C(OC(=O)C(F)(F)Cl)C(F)(F)Cl. The van der Waals surface area contributed by atoms with Gasteiger partial charge in [0.05, 0.1) is 22.6 Å². The second-order valence-electron chi connectivity index (χ2n) is 25.2. The largest absolute Gasteiger partial charge is 0.496 e. The lowest BCUT2D eigenvalue weighted by Crippen LogP contribution is -2.45. The molecule has 1 saturated heterocycles. The number of anilines is 1. The number of halogens is 28. The summed E-state index contributed by atoms with van der Waals surface area (Å²) in [6.45, 7) is 11.8. The first-order valence-electron chi connectivity index (χ1n) is 31.0. The maximum absolute atomic E-state index is 14.3. The van der Waals surface area contributed by atoms with Gasteiger partial charge in [0.15, 0.2) is 62.2 Å². The molecule has 0 unspecified atom stereocenters. The molecule has 0 bridgehead atoms. The number of nitrogens with one attached hydrogen (secondary N) is 1. The molecule has 28 nitrogen and oxygen atoms in total. The van der Waals surface area contributed by atoms with Gasteiger partial charge in [-0.25, -0.2) is 43.6 Å². The molecule has 0 spiro atoms. The Bertz CT molecular complexity index is 5120. The van der Waals surface area contributed by atoms with E-state index in [1.165, 1.54) is 42.6 Å². The minimum Gasteiger partial charge on any atom is -0.460 e. The molecule has 3 N–H and O–H groups in total. The first-order chi connectivity index (χ1) is 53.2. The van der Waals surface area contributed by atoms with Crippen LogP contribution in [0.1, 0.15) is 124 Å². The van der Waals surface area contributed by atoms with Gasteiger partial charge in [-0.2, -0.15) is 112 Å². The Morgan fingerprint density at radius 1 is 0.451 bits per heavy atom. The number of hydrazine groups is 1. The minimum absolute atomic E-state index is 0. The van der Waals surface area contributed by atoms with Gasteiger partial charge in [0.2, 0.25) is 11.6 Å². The Morgan fingerprint density at radius 3 is 1.09 bits per heavy atom. The van der Waals surface area contributed by atoms with E-state index in [9.17, 15) is 106 Å². The number of ether oxygens (including phenoxy) is 5. The molecule has 0 aliphatic carbocycles. The normalized spacial score (nSPS) is 13.6. The lowest BCUT2D eigenvalue weighted by molar-refractivity contribution is -0.238. The Labute approximate surface area is 707 Å². The third kappa shape index (κ3) is 28.1. The van der Waals surface area contributed by atoms with Crippen LogP contribution in [0.2, 0.25) is 10.3 Å². The van der Waals surface area contributed by atoms with Crippen molar-refractivity contribution in [1.29, 1.82) is 0 Å². The highest BCUT2D eigenvalue weighted by Crippen LogP contribution is 2.41. The number of esters is 2. The fraction of sp³-hybridized carbons (Fsp3) is 0.446. The Hall–Kier alpha value is -9.38. The Balaban J connectivity index is 0.000000754. The number of rotatable bonds is 16. The first kappa shape index (κ1) is 111. The molecule has 0 saturated carbocycles. The third-order valence-corrected chi connectivity index (χ3v) is 15.9. The van der Waals surface area contributed by atoms with Crippen LogP contribution in [0.25, 0.3) is 39.5 Å². The monoisotopic (exact) mass is 1900 g/mol. The second-order valence-corrected chi connectivity index (χ2v) is 27.9. The molecule has 10 aromatic heterocycles. The fourth-order valence-electron chi connectivity index (χ4n) is 7.67. The summed E-state index contributed by atoms with van der Waals surface area (Å²) in [4.78, 5) is 30.8. The summed E-state index contributed by atoms with van der Waals surface area (Å²) < 4.78 is 320. The summed E-state index contributed by atoms with van der Waals surface area (Å²) in [6, 6.07) is 13.9. The molecular weight excluding hydrogens is 1830 g/mol. The van der Waals surface area contributed by atoms with E-state index in [1.54, 1.807) is 12.1 Å². The van der Waals surface area contributed by atoms with Gasteiger partial charge in [-0.15, -0.1) is 40.8 Å². The van der Waals surface area contributed by atoms with Crippen molar-refractivity contribution in [3.63, 3.8) is 0 Å². The topological polar surface area (TPSA) is 330 Å². The zero-order valence-corrected chi connectivity index (χ0v) is 64.6. The highest BCUT2D eigenvalue weighted by molar-refractivity contribution is 6.62. The van der Waals surface area contributed by atoms with E-state index in [0.29, 0.717) is 20.0 Å². The number of hydrogen-bond acceptors (Lipinski definition) is 25. The number of methoxy groups -OCH3 is 1. The second kappa shape index (κ2) is 41.0. The number of pyridine rings is 3. The first-order valence-corrected chi connectivity index (χ1v) is 33.3. The summed E-state index contributed by atoms with van der Waals surface area (Å²) in [6.07, 6.45) is -14.8. The number of carbonyl (C=O) groups is 2. The molecule has 0 aromatic carbocycles. The molecule has 1 fully saturated rings. The van der Waals surface area contributed by atoms with E-state index in [1.807, 2.05) is 27.7 Å². The van der Waals surface area contributed by atoms with Crippen LogP contribution in [-0.2, 0) is 45.2 Å². The smallest absolute Gasteiger partial charge is 0.460 e. The van der Waals surface area contributed by atoms with Crippen LogP contribution in [-0.4, -0.2) is 168 Å². The number of nitrogens with two attached hydrogens (primary N) is 1. The lowest BCUT2D eigenvalue weighted by atomic mass is 9.80. The zero-order chi connectivity index (χ0) is 89.0. The predicted octanol–water partition coefficient (Wildman–Crippen LogP) is 18.7. The summed E-state index contributed by atoms with van der Waals surface area (Å²) in [5.74, 6) is -8.19. The van der Waals surface area contributed by atoms with E-state index in [2.05, 4.69) is 119 Å². The van der Waals surface area contributed by atoms with Crippen LogP contribution in [0.4, 0.5) is 102 Å². The van der Waals surface area contributed by atoms with Gasteiger partial charge < -0.3 is 38.4 Å². The summed E-state index contributed by atoms with van der Waals surface area (Å²) in [5.41, 5.74) is -6.53. The number of carbonyl (C=O) groups excluding carboxylic acids is 2. The maximum Gasteiger partial charge on any atom is 0.496 e. The van der Waals surface area contributed by atoms with Crippen molar-refractivity contribution in [1.82, 2.24) is 84.6 Å². The van der Waals surface area contributed by atoms with Gasteiger partial charge in [0.25, 0.3) is 23.5 Å². The van der Waals surface area contributed by atoms with E-state index < -0.39 is 146 Å². The van der Waals surface area contributed by atoms with E-state index in [0.717, 1.165) is 83.8 Å². The van der Waals surface area contributed by atoms with Crippen molar-refractivity contribution in [2.75, 3.05) is 12.5 Å². The fourth-order valence-corrected chi connectivity index (χ4v) is 8.23. The quantitative estimate of drug-likeness (QED) is 0.0173. The molecule has 0 atom stereocenters. The number of alkyl halides is 23. The van der Waals surface area contributed by atoms with Crippen molar-refractivity contribution in [2.24, 2.45) is 5.84 Å². The van der Waals surface area contributed by atoms with Crippen molar-refractivity contribution < 1.29 is 139 Å². The number of fused-ring (bicyclic) bond motifs is 3. The highest BCUT2D eigenvalue weighted by atomic mass is 35.5. The molecule has 122 heavy (non-hydrogen) atoms. The van der Waals surface area contributed by atoms with Gasteiger partial charge in [0, 0.05) is 42.3 Å². The molecule has 0 radical (unpaired) electrons. The van der Waals surface area contributed by atoms with Crippen molar-refractivity contribution >= 4 is 117 Å². The van der Waals surface area contributed by atoms with Crippen LogP contribution >= 0.6 is 69.6 Å². The van der Waals surface area contributed by atoms with Crippen LogP contribution in [0, 0.1) is 17.5 Å². The molecule has 11 rings (SSSR count). The number of nitrogens with zero attached hydrogens (tertiary/aromatic N) is 17. The van der Waals surface area contributed by atoms with Gasteiger partial charge in [-0.05, 0) is 182 Å². The summed E-state index contributed by atoms with van der Waals surface area (Å²) >= 11 is 28.7. The van der Waals surface area contributed by atoms with E-state index >= 15 is 0 Å². The number of nitrogen functional groups attached to an aromatic ring is 1. The Kier molecular flexibility index (Phi) is 37.1. The Morgan fingerprint density at radius 2 is 0.779 bits per heavy atom. The third-order valence-electron chi connectivity index (χ3n) is 14.9. The molecular formula is C65H70BCl6F22N19O9. The van der Waals surface area contributed by atoms with Gasteiger partial charge in [0.1, 0.15) is 5.15 Å². The minimum atomic E-state index is -4.76. The molecule has 1 aliphatic heterocycles. The maximum atomic E-state index is 14.3. The highest BCUT2D eigenvalue weighted by Gasteiger charge is 2.55. The molecule has 1 aliphatic rings. The van der Waals surface area contributed by atoms with Crippen molar-refractivity contribution in [3.05, 3.63) is 131 Å². The van der Waals surface area contributed by atoms with Crippen LogP contribution < -0.4 is 30.9 Å². The summed E-state index contributed by atoms with van der Waals surface area (Å²) in [7, 11) is -0.0903. The molecule has 11 heterocycles. The van der Waals surface area contributed by atoms with Gasteiger partial charge >= 0.3 is 65.2 Å². The van der Waals surface area contributed by atoms with Crippen LogP contribution in [0.5, 0.6) is 17.6 Å². The zero-order valence-electron chi connectivity index (χ0n) is 60.1. The standard InChI is InChI=1S/C16H13F6N5O2.C15H20BF4NO3.C15H10ClF6N5O.C6H2Cl2F2N4.C4Cl2F4O3.C4H5ClN4.5CH4/c1-14(2,16(20,21)22)29-12-9(17)6-8(7-23-12)10-4-5-11-24-25-13(27(11)26-10)15(18,19)28-3;1-12(2)13(3,4)24-16(23-12)9-7-10(17)11(21-8-9)22-14(5,6)15(18,19)20;1-13(2,15(20,21)22)28-11-8(17)5-7(6-23-11)9-3-4-10-24-25-12(14(16,18)19)27(10)26-9;7-3-1-2-4-11-12-5(6(8,9)10)14(4)13-3;5-3(7,8)1(11)13-2(12)4(6,9)10;5-3-1-2-4(7-6)9-8-3;;;;;/h4-7H,1-3H3;7-8H,1-6H3;3-6H,1-2H3;1-2H;;1-2H,6H2,(H,7,9);5*1H4. The average molecular weight is 1900 g/mol. The molecule has 0 amide bonds. The molecule has 57 heteroatoms. The van der Waals surface area contributed by atoms with Crippen molar-refractivity contribution in [2.45, 2.75) is 181 Å². The predicted molar refractivity (Wildman–Crippen MR) is 398 cm³/mol. The van der Waals surface area contributed by atoms with E-state index in [-0.39, 0.29) is 87.2 Å². The van der Waals surface area contributed by atoms with Crippen LogP contribution in [0.15, 0.2) is 85.3 Å². The van der Waals surface area contributed by atoms with Gasteiger partial charge in [-0.1, -0.05) is 60.3 Å². The molecule has 678 valence electrons. The summed E-state index contributed by atoms with van der Waals surface area (Å²) in [5, 5.41) is 22.6. The van der Waals surface area contributed by atoms with Gasteiger partial charge in [-0.3, -0.25) is 0 Å². The van der Waals surface area contributed by atoms with Crippen molar-refractivity contribution in [3.8, 4) is 40.2 Å². The molecule has 10 aromatic rings. The number of hydrogen-bond donors (Lipinski definition) is 2. The van der Waals surface area contributed by atoms with Crippen LogP contribution in [0.3, 0.4) is 0 Å². The number of aromatic nitrogens is 17. The van der Waals surface area contributed by atoms with E-state index in [4.69, 9.17) is 66.3 Å².